The van der Waals surface area contributed by atoms with Gasteiger partial charge in [-0.3, -0.25) is 4.79 Å². The summed E-state index contributed by atoms with van der Waals surface area (Å²) in [6.07, 6.45) is 0. The lowest BCUT2D eigenvalue weighted by Crippen LogP contribution is -2.15. The highest BCUT2D eigenvalue weighted by molar-refractivity contribution is 6.16. The first-order chi connectivity index (χ1) is 15.5. The standard InChI is InChI=1S/C26H23N5O/c1-16-12-13-19(14-17(16)2)28-26(32)22-23-25(30-21-11-7-6-10-20(21)29-23)31(24(22)27)15-18-8-4-3-5-9-18/h3-14H,15,27H2,1-2H3,(H,28,32). The molecular weight excluding hydrogens is 398 g/mol. The summed E-state index contributed by atoms with van der Waals surface area (Å²) in [7, 11) is 0. The van der Waals surface area contributed by atoms with E-state index in [0.29, 0.717) is 29.1 Å². The summed E-state index contributed by atoms with van der Waals surface area (Å²) in [5.41, 5.74) is 13.5. The SMILES string of the molecule is Cc1ccc(NC(=O)c2c(N)n(Cc3ccccc3)c3nc4ccccc4nc23)cc1C. The summed E-state index contributed by atoms with van der Waals surface area (Å²) >= 11 is 0. The van der Waals surface area contributed by atoms with Crippen LogP contribution in [0, 0.1) is 13.8 Å². The Labute approximate surface area is 185 Å². The number of hydrogen-bond donors (Lipinski definition) is 2. The number of carbonyl (C=O) groups excluding carboxylic acids is 1. The molecule has 0 unspecified atom stereocenters. The number of anilines is 2. The van der Waals surface area contributed by atoms with Crippen LogP contribution in [0.5, 0.6) is 0 Å². The molecule has 5 rings (SSSR count). The van der Waals surface area contributed by atoms with Crippen molar-refractivity contribution < 1.29 is 4.79 Å². The monoisotopic (exact) mass is 421 g/mol. The Morgan fingerprint density at radius 2 is 1.59 bits per heavy atom. The van der Waals surface area contributed by atoms with Crippen LogP contribution in [0.4, 0.5) is 11.5 Å². The topological polar surface area (TPSA) is 85.8 Å². The zero-order chi connectivity index (χ0) is 22.2. The number of rotatable bonds is 4. The molecule has 5 aromatic rings. The van der Waals surface area contributed by atoms with Crippen LogP contribution >= 0.6 is 0 Å². The predicted octanol–water partition coefficient (Wildman–Crippen LogP) is 5.08. The fourth-order valence-electron chi connectivity index (χ4n) is 3.88. The third-order valence-electron chi connectivity index (χ3n) is 5.77. The van der Waals surface area contributed by atoms with Crippen LogP contribution in [0.2, 0.25) is 0 Å². The Balaban J connectivity index is 1.66. The fourth-order valence-corrected chi connectivity index (χ4v) is 3.88. The quantitative estimate of drug-likeness (QED) is 0.423. The van der Waals surface area contributed by atoms with Crippen LogP contribution in [-0.2, 0) is 6.54 Å². The van der Waals surface area contributed by atoms with Crippen molar-refractivity contribution >= 4 is 39.6 Å². The van der Waals surface area contributed by atoms with Gasteiger partial charge in [0.05, 0.1) is 17.6 Å². The maximum Gasteiger partial charge on any atom is 0.261 e. The van der Waals surface area contributed by atoms with Gasteiger partial charge in [-0.05, 0) is 54.8 Å². The van der Waals surface area contributed by atoms with Crippen molar-refractivity contribution in [2.24, 2.45) is 0 Å². The normalized spacial score (nSPS) is 11.2. The zero-order valence-electron chi connectivity index (χ0n) is 18.0. The molecule has 0 atom stereocenters. The molecule has 0 aliphatic carbocycles. The Bertz CT molecular complexity index is 1470. The van der Waals surface area contributed by atoms with Gasteiger partial charge in [0.1, 0.15) is 16.9 Å². The second-order valence-electron chi connectivity index (χ2n) is 7.97. The lowest BCUT2D eigenvalue weighted by atomic mass is 10.1. The summed E-state index contributed by atoms with van der Waals surface area (Å²) in [6, 6.07) is 23.4. The average molecular weight is 422 g/mol. The number of benzene rings is 3. The number of nitrogen functional groups attached to an aromatic ring is 1. The van der Waals surface area contributed by atoms with Crippen molar-refractivity contribution in [1.29, 1.82) is 0 Å². The molecule has 0 saturated heterocycles. The summed E-state index contributed by atoms with van der Waals surface area (Å²) in [4.78, 5) is 23.0. The van der Waals surface area contributed by atoms with Gasteiger partial charge in [0.15, 0.2) is 5.65 Å². The average Bonchev–Trinajstić information content (AvgIpc) is 3.06. The van der Waals surface area contributed by atoms with E-state index < -0.39 is 0 Å². The molecule has 32 heavy (non-hydrogen) atoms. The second-order valence-corrected chi connectivity index (χ2v) is 7.97. The number of hydrogen-bond acceptors (Lipinski definition) is 4. The van der Waals surface area contributed by atoms with E-state index in [0.717, 1.165) is 27.8 Å². The largest absolute Gasteiger partial charge is 0.384 e. The first-order valence-corrected chi connectivity index (χ1v) is 10.5. The van der Waals surface area contributed by atoms with Gasteiger partial charge >= 0.3 is 0 Å². The predicted molar refractivity (Wildman–Crippen MR) is 129 cm³/mol. The van der Waals surface area contributed by atoms with E-state index in [1.807, 2.05) is 91.2 Å². The first kappa shape index (κ1) is 19.8. The number of fused-ring (bicyclic) bond motifs is 2. The van der Waals surface area contributed by atoms with E-state index in [9.17, 15) is 4.79 Å². The highest BCUT2D eigenvalue weighted by Gasteiger charge is 2.24. The maximum atomic E-state index is 13.4. The molecule has 3 N–H and O–H groups in total. The minimum Gasteiger partial charge on any atom is -0.384 e. The molecule has 6 heteroatoms. The minimum atomic E-state index is -0.299. The summed E-state index contributed by atoms with van der Waals surface area (Å²) < 4.78 is 1.86. The van der Waals surface area contributed by atoms with Crippen molar-refractivity contribution in [3.8, 4) is 0 Å². The van der Waals surface area contributed by atoms with Crippen molar-refractivity contribution in [1.82, 2.24) is 14.5 Å². The van der Waals surface area contributed by atoms with Crippen molar-refractivity contribution in [3.63, 3.8) is 0 Å². The fraction of sp³-hybridized carbons (Fsp3) is 0.115. The van der Waals surface area contributed by atoms with Crippen LogP contribution in [-0.4, -0.2) is 20.4 Å². The highest BCUT2D eigenvalue weighted by Crippen LogP contribution is 2.29. The van der Waals surface area contributed by atoms with Crippen molar-refractivity contribution in [2.75, 3.05) is 11.1 Å². The molecule has 3 aromatic carbocycles. The number of nitrogens with zero attached hydrogens (tertiary/aromatic N) is 3. The van der Waals surface area contributed by atoms with Crippen LogP contribution in [0.1, 0.15) is 27.0 Å². The number of amides is 1. The molecule has 0 spiro atoms. The Hall–Kier alpha value is -4.19. The molecule has 0 aliphatic heterocycles. The van der Waals surface area contributed by atoms with Gasteiger partial charge in [-0.25, -0.2) is 9.97 Å². The molecule has 158 valence electrons. The third-order valence-corrected chi connectivity index (χ3v) is 5.77. The number of nitrogens with one attached hydrogen (secondary N) is 1. The Kier molecular flexibility index (Phi) is 4.82. The van der Waals surface area contributed by atoms with Crippen LogP contribution in [0.3, 0.4) is 0 Å². The highest BCUT2D eigenvalue weighted by atomic mass is 16.1. The molecule has 0 saturated carbocycles. The molecule has 6 nitrogen and oxygen atoms in total. The number of nitrogens with two attached hydrogens (primary N) is 1. The minimum absolute atomic E-state index is 0.299. The number of carbonyl (C=O) groups is 1. The van der Waals surface area contributed by atoms with E-state index in [2.05, 4.69) is 5.32 Å². The molecule has 1 amide bonds. The van der Waals surface area contributed by atoms with Crippen LogP contribution in [0.15, 0.2) is 72.8 Å². The van der Waals surface area contributed by atoms with Gasteiger partial charge in [-0.15, -0.1) is 0 Å². The molecule has 0 aliphatic rings. The lowest BCUT2D eigenvalue weighted by molar-refractivity contribution is 0.102. The van der Waals surface area contributed by atoms with Crippen molar-refractivity contribution in [3.05, 3.63) is 95.1 Å². The van der Waals surface area contributed by atoms with E-state index in [1.165, 1.54) is 5.56 Å². The Morgan fingerprint density at radius 1 is 0.906 bits per heavy atom. The summed E-state index contributed by atoms with van der Waals surface area (Å²) in [5.74, 6) is 0.0487. The van der Waals surface area contributed by atoms with Crippen LogP contribution < -0.4 is 11.1 Å². The number of aromatic nitrogens is 3. The van der Waals surface area contributed by atoms with E-state index in [-0.39, 0.29) is 5.91 Å². The van der Waals surface area contributed by atoms with E-state index in [4.69, 9.17) is 15.7 Å². The molecule has 0 bridgehead atoms. The smallest absolute Gasteiger partial charge is 0.261 e. The summed E-state index contributed by atoms with van der Waals surface area (Å²) in [6.45, 7) is 4.55. The molecular formula is C26H23N5O. The maximum absolute atomic E-state index is 13.4. The van der Waals surface area contributed by atoms with E-state index >= 15 is 0 Å². The molecule has 0 fully saturated rings. The van der Waals surface area contributed by atoms with Gasteiger partial charge in [0, 0.05) is 5.69 Å². The molecule has 2 aromatic heterocycles. The van der Waals surface area contributed by atoms with Gasteiger partial charge in [-0.2, -0.15) is 0 Å². The first-order valence-electron chi connectivity index (χ1n) is 10.5. The van der Waals surface area contributed by atoms with Gasteiger partial charge in [-0.1, -0.05) is 48.5 Å². The molecule has 2 heterocycles. The zero-order valence-corrected chi connectivity index (χ0v) is 18.0. The summed E-state index contributed by atoms with van der Waals surface area (Å²) in [5, 5.41) is 2.98. The lowest BCUT2D eigenvalue weighted by Gasteiger charge is -2.09. The third kappa shape index (κ3) is 3.46. The van der Waals surface area contributed by atoms with Gasteiger partial charge in [0.25, 0.3) is 5.91 Å². The van der Waals surface area contributed by atoms with E-state index in [1.54, 1.807) is 0 Å². The number of para-hydroxylation sites is 2. The van der Waals surface area contributed by atoms with Gasteiger partial charge in [0.2, 0.25) is 0 Å². The van der Waals surface area contributed by atoms with Crippen LogP contribution in [0.25, 0.3) is 22.2 Å². The van der Waals surface area contributed by atoms with Crippen molar-refractivity contribution in [2.45, 2.75) is 20.4 Å². The molecule has 0 radical (unpaired) electrons. The number of aryl methyl sites for hydroxylation is 2. The van der Waals surface area contributed by atoms with Gasteiger partial charge < -0.3 is 15.6 Å². The Morgan fingerprint density at radius 3 is 2.31 bits per heavy atom. The second kappa shape index (κ2) is 7.81.